The van der Waals surface area contributed by atoms with E-state index in [0.717, 1.165) is 38.5 Å². The molecule has 0 bridgehead atoms. The van der Waals surface area contributed by atoms with Gasteiger partial charge in [-0.25, -0.2) is 0 Å². The number of rotatable bonds is 3. The van der Waals surface area contributed by atoms with E-state index in [1.165, 1.54) is 54.5 Å². The lowest BCUT2D eigenvalue weighted by molar-refractivity contribution is 0.574. The van der Waals surface area contributed by atoms with Gasteiger partial charge in [-0.05, 0) is 93.0 Å². The summed E-state index contributed by atoms with van der Waals surface area (Å²) in [5.41, 5.74) is 0. The van der Waals surface area contributed by atoms with Gasteiger partial charge in [0.25, 0.3) is 0 Å². The Labute approximate surface area is 123 Å². The third-order valence-electron chi connectivity index (χ3n) is 5.01. The van der Waals surface area contributed by atoms with Crippen LogP contribution in [-0.2, 0) is 4.57 Å². The molecule has 3 aliphatic rings. The molecule has 0 aliphatic heterocycles. The molecule has 0 heterocycles. The van der Waals surface area contributed by atoms with Gasteiger partial charge in [-0.1, -0.05) is 18.2 Å². The summed E-state index contributed by atoms with van der Waals surface area (Å²) in [4.78, 5) is 0. The molecular weight excluding hydrogens is 263 g/mol. The van der Waals surface area contributed by atoms with E-state index in [-0.39, 0.29) is 0 Å². The second-order valence-electron chi connectivity index (χ2n) is 6.43. The highest BCUT2D eigenvalue weighted by atomic mass is 31.2. The summed E-state index contributed by atoms with van der Waals surface area (Å²) < 4.78 is 14.1. The Kier molecular flexibility index (Phi) is 4.66. The van der Waals surface area contributed by atoms with Crippen LogP contribution in [0.15, 0.2) is 34.2 Å². The molecule has 2 heteroatoms. The van der Waals surface area contributed by atoms with Crippen LogP contribution in [0.3, 0.4) is 0 Å². The molecule has 0 amide bonds. The maximum atomic E-state index is 14.1. The van der Waals surface area contributed by atoms with Crippen molar-refractivity contribution in [2.45, 2.75) is 77.0 Å². The fraction of sp³-hybridized carbons (Fsp3) is 0.667. The minimum Gasteiger partial charge on any atom is -0.310 e. The quantitative estimate of drug-likeness (QED) is 0.527. The highest BCUT2D eigenvalue weighted by molar-refractivity contribution is 7.76. The molecule has 0 aromatic rings. The van der Waals surface area contributed by atoms with Crippen LogP contribution < -0.4 is 0 Å². The van der Waals surface area contributed by atoms with Crippen molar-refractivity contribution in [2.24, 2.45) is 0 Å². The van der Waals surface area contributed by atoms with Gasteiger partial charge in [0.1, 0.15) is 0 Å². The first-order valence-corrected chi connectivity index (χ1v) is 10.2. The zero-order valence-electron chi connectivity index (χ0n) is 12.6. The predicted molar refractivity (Wildman–Crippen MR) is 87.3 cm³/mol. The lowest BCUT2D eigenvalue weighted by atomic mass is 10.1. The average molecular weight is 290 g/mol. The van der Waals surface area contributed by atoms with Crippen LogP contribution >= 0.6 is 7.14 Å². The molecule has 0 aromatic carbocycles. The minimum atomic E-state index is -2.36. The fourth-order valence-corrected chi connectivity index (χ4v) is 7.56. The first kappa shape index (κ1) is 14.4. The van der Waals surface area contributed by atoms with E-state index < -0.39 is 7.14 Å². The molecule has 0 saturated carbocycles. The molecule has 3 aliphatic carbocycles. The van der Waals surface area contributed by atoms with Crippen LogP contribution in [-0.4, -0.2) is 0 Å². The van der Waals surface area contributed by atoms with Crippen LogP contribution in [0.25, 0.3) is 0 Å². The van der Waals surface area contributed by atoms with E-state index in [1.54, 1.807) is 0 Å². The van der Waals surface area contributed by atoms with Crippen molar-refractivity contribution in [1.29, 1.82) is 0 Å². The van der Waals surface area contributed by atoms with Crippen molar-refractivity contribution in [1.82, 2.24) is 0 Å². The summed E-state index contributed by atoms with van der Waals surface area (Å²) in [5.74, 6) is 0. The Morgan fingerprint density at radius 3 is 1.20 bits per heavy atom. The average Bonchev–Trinajstić information content (AvgIpc) is 2.56. The Morgan fingerprint density at radius 1 is 0.600 bits per heavy atom. The SMILES string of the molecule is O=P(C1=CCCCC1)(C1=CCCCC1)C1=CCCCC1. The first-order valence-electron chi connectivity index (χ1n) is 8.50. The van der Waals surface area contributed by atoms with Gasteiger partial charge in [0.05, 0.1) is 0 Å². The summed E-state index contributed by atoms with van der Waals surface area (Å²) in [6, 6.07) is 0. The van der Waals surface area contributed by atoms with E-state index in [0.29, 0.717) is 0 Å². The monoisotopic (exact) mass is 290 g/mol. The van der Waals surface area contributed by atoms with Crippen LogP contribution in [0, 0.1) is 0 Å². The molecule has 0 unspecified atom stereocenters. The molecule has 3 rings (SSSR count). The van der Waals surface area contributed by atoms with Crippen molar-refractivity contribution in [3.8, 4) is 0 Å². The molecule has 0 radical (unpaired) electrons. The largest absolute Gasteiger partial charge is 0.310 e. The molecule has 0 spiro atoms. The number of hydrogen-bond acceptors (Lipinski definition) is 1. The van der Waals surface area contributed by atoms with Crippen LogP contribution in [0.4, 0.5) is 0 Å². The van der Waals surface area contributed by atoms with Gasteiger partial charge < -0.3 is 4.57 Å². The lowest BCUT2D eigenvalue weighted by Gasteiger charge is -2.31. The molecule has 0 saturated heterocycles. The summed E-state index contributed by atoms with van der Waals surface area (Å²) in [6.45, 7) is 0. The van der Waals surface area contributed by atoms with E-state index >= 15 is 0 Å². The zero-order chi connectivity index (χ0) is 13.8. The number of allylic oxidation sites excluding steroid dienone is 6. The molecular formula is C18H27OP. The van der Waals surface area contributed by atoms with Crippen LogP contribution in [0.2, 0.25) is 0 Å². The summed E-state index contributed by atoms with van der Waals surface area (Å²) in [7, 11) is -2.36. The van der Waals surface area contributed by atoms with Gasteiger partial charge in [-0.3, -0.25) is 0 Å². The Bertz CT molecular complexity index is 424. The maximum Gasteiger partial charge on any atom is 0.158 e. The molecule has 20 heavy (non-hydrogen) atoms. The lowest BCUT2D eigenvalue weighted by Crippen LogP contribution is -2.04. The van der Waals surface area contributed by atoms with Crippen molar-refractivity contribution in [3.05, 3.63) is 34.2 Å². The van der Waals surface area contributed by atoms with Crippen molar-refractivity contribution >= 4 is 7.14 Å². The van der Waals surface area contributed by atoms with E-state index in [9.17, 15) is 4.57 Å². The van der Waals surface area contributed by atoms with Crippen molar-refractivity contribution in [2.75, 3.05) is 0 Å². The van der Waals surface area contributed by atoms with Gasteiger partial charge in [0.15, 0.2) is 7.14 Å². The standard InChI is InChI=1S/C18H27OP/c19-20(16-10-4-1-5-11-16,17-12-6-2-7-13-17)18-14-8-3-9-15-18/h10,12,14H,1-9,11,13,15H2. The maximum absolute atomic E-state index is 14.1. The first-order chi connectivity index (χ1) is 9.82. The van der Waals surface area contributed by atoms with Gasteiger partial charge in [-0.15, -0.1) is 0 Å². The Balaban J connectivity index is 2.01. The predicted octanol–water partition coefficient (Wildman–Crippen LogP) is 6.72. The Hall–Kier alpha value is -0.550. The molecule has 0 N–H and O–H groups in total. The van der Waals surface area contributed by atoms with Crippen molar-refractivity contribution in [3.63, 3.8) is 0 Å². The summed E-state index contributed by atoms with van der Waals surface area (Å²) in [6.07, 6.45) is 21.2. The van der Waals surface area contributed by atoms with Gasteiger partial charge in [-0.2, -0.15) is 0 Å². The normalized spacial score (nSPS) is 24.7. The van der Waals surface area contributed by atoms with Crippen LogP contribution in [0.5, 0.6) is 0 Å². The van der Waals surface area contributed by atoms with E-state index in [4.69, 9.17) is 0 Å². The second kappa shape index (κ2) is 6.48. The number of hydrogen-bond donors (Lipinski definition) is 0. The fourth-order valence-electron chi connectivity index (χ4n) is 3.87. The van der Waals surface area contributed by atoms with Gasteiger partial charge in [0, 0.05) is 0 Å². The molecule has 1 nitrogen and oxygen atoms in total. The van der Waals surface area contributed by atoms with Crippen molar-refractivity contribution < 1.29 is 4.57 Å². The summed E-state index contributed by atoms with van der Waals surface area (Å²) >= 11 is 0. The smallest absolute Gasteiger partial charge is 0.158 e. The van der Waals surface area contributed by atoms with E-state index in [1.807, 2.05) is 0 Å². The summed E-state index contributed by atoms with van der Waals surface area (Å²) in [5, 5.41) is 3.93. The Morgan fingerprint density at radius 2 is 0.950 bits per heavy atom. The third-order valence-corrected chi connectivity index (χ3v) is 8.66. The highest BCUT2D eigenvalue weighted by Gasteiger charge is 2.36. The topological polar surface area (TPSA) is 17.1 Å². The third kappa shape index (κ3) is 2.75. The molecule has 110 valence electrons. The molecule has 0 fully saturated rings. The second-order valence-corrected chi connectivity index (χ2v) is 9.37. The van der Waals surface area contributed by atoms with Crippen LogP contribution in [0.1, 0.15) is 77.0 Å². The van der Waals surface area contributed by atoms with E-state index in [2.05, 4.69) is 18.2 Å². The zero-order valence-corrected chi connectivity index (χ0v) is 13.5. The van der Waals surface area contributed by atoms with Gasteiger partial charge in [0.2, 0.25) is 0 Å². The van der Waals surface area contributed by atoms with Gasteiger partial charge >= 0.3 is 0 Å². The molecule has 0 atom stereocenters. The highest BCUT2D eigenvalue weighted by Crippen LogP contribution is 2.71. The minimum absolute atomic E-state index is 1.08. The molecule has 0 aromatic heterocycles.